The van der Waals surface area contributed by atoms with Crippen LogP contribution in [0.5, 0.6) is 5.75 Å². The van der Waals surface area contributed by atoms with E-state index in [1.54, 1.807) is 7.11 Å². The van der Waals surface area contributed by atoms with Crippen molar-refractivity contribution in [3.05, 3.63) is 24.3 Å². The molecular formula is C7H10GeO. The van der Waals surface area contributed by atoms with Crippen LogP contribution in [0.15, 0.2) is 24.3 Å². The second-order valence-corrected chi connectivity index (χ2v) is 4.44. The van der Waals surface area contributed by atoms with Gasteiger partial charge in [-0.1, -0.05) is 0 Å². The Morgan fingerprint density at radius 2 is 1.78 bits per heavy atom. The molecule has 0 aliphatic rings. The summed E-state index contributed by atoms with van der Waals surface area (Å²) < 4.78 is 6.44. The fourth-order valence-corrected chi connectivity index (χ4v) is 1.37. The van der Waals surface area contributed by atoms with Crippen molar-refractivity contribution in [1.82, 2.24) is 0 Å². The molecule has 1 rings (SSSR count). The molecule has 0 aliphatic carbocycles. The minimum atomic E-state index is 0.791. The SMILES string of the molecule is COc1cc[c]([GeH3])cc1. The molecule has 1 aromatic carbocycles. The van der Waals surface area contributed by atoms with E-state index < -0.39 is 0 Å². The molecule has 2 heteroatoms. The van der Waals surface area contributed by atoms with Crippen molar-refractivity contribution in [2.45, 2.75) is 0 Å². The van der Waals surface area contributed by atoms with Gasteiger partial charge in [0, 0.05) is 0 Å². The first kappa shape index (κ1) is 6.68. The maximum absolute atomic E-state index is 4.99. The predicted octanol–water partition coefficient (Wildman–Crippen LogP) is -0.314. The zero-order valence-electron chi connectivity index (χ0n) is 5.72. The van der Waals surface area contributed by atoms with Gasteiger partial charge in [0.25, 0.3) is 0 Å². The van der Waals surface area contributed by atoms with Gasteiger partial charge >= 0.3 is 62.8 Å². The standard InChI is InChI=1S/C7H10GeO/c1-9-7-4-2-6(8)3-5-7/h2-5H,1,8H3. The molecule has 0 heterocycles. The van der Waals surface area contributed by atoms with Crippen LogP contribution in [0, 0.1) is 0 Å². The van der Waals surface area contributed by atoms with Crippen molar-refractivity contribution in [2.75, 3.05) is 7.11 Å². The summed E-state index contributed by atoms with van der Waals surface area (Å²) in [5, 5.41) is 0. The molecule has 0 radical (unpaired) electrons. The maximum atomic E-state index is 4.99. The predicted molar refractivity (Wildman–Crippen MR) is 42.6 cm³/mol. The summed E-state index contributed by atoms with van der Waals surface area (Å²) in [4.78, 5) is 0. The van der Waals surface area contributed by atoms with E-state index in [4.69, 9.17) is 4.74 Å². The van der Waals surface area contributed by atoms with Crippen molar-refractivity contribution >= 4 is 20.9 Å². The summed E-state index contributed by atoms with van der Waals surface area (Å²) in [5.41, 5.74) is 0. The van der Waals surface area contributed by atoms with Crippen LogP contribution in [0.25, 0.3) is 0 Å². The summed E-state index contributed by atoms with van der Waals surface area (Å²) in [6, 6.07) is 8.22. The van der Waals surface area contributed by atoms with E-state index in [0.717, 1.165) is 22.3 Å². The molecule has 48 valence electrons. The van der Waals surface area contributed by atoms with Crippen LogP contribution in [-0.4, -0.2) is 23.6 Å². The first-order valence-electron chi connectivity index (χ1n) is 2.93. The minimum absolute atomic E-state index is 0.791. The average molecular weight is 183 g/mol. The molecule has 0 fully saturated rings. The Balaban J connectivity index is 2.88. The molecule has 0 atom stereocenters. The summed E-state index contributed by atoms with van der Waals surface area (Å²) >= 11 is 0.791. The van der Waals surface area contributed by atoms with E-state index in [-0.39, 0.29) is 0 Å². The van der Waals surface area contributed by atoms with E-state index in [1.807, 2.05) is 12.1 Å². The number of benzene rings is 1. The first-order chi connectivity index (χ1) is 4.33. The summed E-state index contributed by atoms with van der Waals surface area (Å²) in [6.45, 7) is 0. The molecule has 0 saturated carbocycles. The number of hydrogen-bond donors (Lipinski definition) is 0. The zero-order chi connectivity index (χ0) is 6.69. The second kappa shape index (κ2) is 2.92. The Hall–Kier alpha value is -0.437. The molecule has 0 N–H and O–H groups in total. The van der Waals surface area contributed by atoms with Gasteiger partial charge in [-0.05, 0) is 0 Å². The Labute approximate surface area is 63.3 Å². The number of rotatable bonds is 1. The van der Waals surface area contributed by atoms with Gasteiger partial charge in [-0.15, -0.1) is 0 Å². The molecule has 0 aliphatic heterocycles. The van der Waals surface area contributed by atoms with Crippen LogP contribution < -0.4 is 9.13 Å². The monoisotopic (exact) mass is 184 g/mol. The average Bonchev–Trinajstić information content (AvgIpc) is 1.90. The van der Waals surface area contributed by atoms with Crippen LogP contribution in [0.2, 0.25) is 0 Å². The van der Waals surface area contributed by atoms with Gasteiger partial charge in [-0.3, -0.25) is 0 Å². The van der Waals surface area contributed by atoms with E-state index in [1.165, 1.54) is 4.40 Å². The molecule has 1 nitrogen and oxygen atoms in total. The Kier molecular flexibility index (Phi) is 2.17. The van der Waals surface area contributed by atoms with Gasteiger partial charge < -0.3 is 0 Å². The van der Waals surface area contributed by atoms with Gasteiger partial charge in [-0.25, -0.2) is 0 Å². The van der Waals surface area contributed by atoms with E-state index >= 15 is 0 Å². The van der Waals surface area contributed by atoms with Crippen LogP contribution in [0.3, 0.4) is 0 Å². The number of hydrogen-bond acceptors (Lipinski definition) is 1. The Morgan fingerprint density at radius 3 is 2.22 bits per heavy atom. The second-order valence-electron chi connectivity index (χ2n) is 2.02. The van der Waals surface area contributed by atoms with Crippen molar-refractivity contribution in [1.29, 1.82) is 0 Å². The van der Waals surface area contributed by atoms with Crippen LogP contribution in [-0.2, 0) is 0 Å². The molecular weight excluding hydrogens is 173 g/mol. The molecule has 9 heavy (non-hydrogen) atoms. The van der Waals surface area contributed by atoms with Gasteiger partial charge in [0.05, 0.1) is 0 Å². The molecule has 0 aromatic heterocycles. The van der Waals surface area contributed by atoms with Crippen molar-refractivity contribution < 1.29 is 4.74 Å². The third-order valence-corrected chi connectivity index (χ3v) is 2.66. The molecule has 0 unspecified atom stereocenters. The van der Waals surface area contributed by atoms with Crippen LogP contribution >= 0.6 is 0 Å². The fraction of sp³-hybridized carbons (Fsp3) is 0.143. The van der Waals surface area contributed by atoms with Crippen molar-refractivity contribution in [3.8, 4) is 5.75 Å². The first-order valence-corrected chi connectivity index (χ1v) is 5.03. The Bertz CT molecular complexity index is 181. The van der Waals surface area contributed by atoms with Crippen LogP contribution in [0.1, 0.15) is 0 Å². The van der Waals surface area contributed by atoms with Crippen LogP contribution in [0.4, 0.5) is 0 Å². The topological polar surface area (TPSA) is 9.23 Å². The molecule has 0 spiro atoms. The van der Waals surface area contributed by atoms with Gasteiger partial charge in [0.15, 0.2) is 0 Å². The van der Waals surface area contributed by atoms with Crippen molar-refractivity contribution in [3.63, 3.8) is 0 Å². The van der Waals surface area contributed by atoms with Gasteiger partial charge in [0.1, 0.15) is 0 Å². The molecule has 0 amide bonds. The van der Waals surface area contributed by atoms with Gasteiger partial charge in [-0.2, -0.15) is 0 Å². The quantitative estimate of drug-likeness (QED) is 0.542. The normalized spacial score (nSPS) is 9.44. The summed E-state index contributed by atoms with van der Waals surface area (Å²) in [5.74, 6) is 0.947. The van der Waals surface area contributed by atoms with E-state index in [2.05, 4.69) is 12.1 Å². The Morgan fingerprint density at radius 1 is 1.22 bits per heavy atom. The molecule has 0 saturated heterocycles. The molecule has 1 aromatic rings. The van der Waals surface area contributed by atoms with E-state index in [9.17, 15) is 0 Å². The third kappa shape index (κ3) is 1.75. The van der Waals surface area contributed by atoms with E-state index in [0.29, 0.717) is 0 Å². The van der Waals surface area contributed by atoms with Gasteiger partial charge in [0.2, 0.25) is 0 Å². The third-order valence-electron chi connectivity index (χ3n) is 1.26. The number of ether oxygens (including phenoxy) is 1. The molecule has 0 bridgehead atoms. The zero-order valence-corrected chi connectivity index (χ0v) is 9.91. The summed E-state index contributed by atoms with van der Waals surface area (Å²) in [6.07, 6.45) is 0. The summed E-state index contributed by atoms with van der Waals surface area (Å²) in [7, 11) is 1.69. The van der Waals surface area contributed by atoms with Crippen molar-refractivity contribution in [2.24, 2.45) is 0 Å². The fourth-order valence-electron chi connectivity index (χ4n) is 0.674. The number of methoxy groups -OCH3 is 1.